The van der Waals surface area contributed by atoms with Crippen LogP contribution in [0.15, 0.2) is 30.3 Å². The lowest BCUT2D eigenvalue weighted by atomic mass is 10.1. The van der Waals surface area contributed by atoms with E-state index in [9.17, 15) is 5.11 Å². The van der Waals surface area contributed by atoms with Gasteiger partial charge in [0.2, 0.25) is 0 Å². The van der Waals surface area contributed by atoms with Crippen LogP contribution >= 0.6 is 0 Å². The molecule has 1 aliphatic rings. The highest BCUT2D eigenvalue weighted by Crippen LogP contribution is 2.11. The van der Waals surface area contributed by atoms with Crippen LogP contribution in [0, 0.1) is 0 Å². The Labute approximate surface area is 127 Å². The van der Waals surface area contributed by atoms with Gasteiger partial charge in [0.05, 0.1) is 18.8 Å². The predicted molar refractivity (Wildman–Crippen MR) is 83.2 cm³/mol. The fraction of sp³-hybridized carbons (Fsp3) is 0.647. The second kappa shape index (κ2) is 9.15. The molecule has 0 saturated carbocycles. The van der Waals surface area contributed by atoms with Crippen LogP contribution in [-0.2, 0) is 16.0 Å². The molecule has 1 aromatic rings. The maximum absolute atomic E-state index is 10.2. The van der Waals surface area contributed by atoms with Crippen molar-refractivity contribution in [3.63, 3.8) is 0 Å². The maximum Gasteiger partial charge on any atom is 0.0900 e. The van der Waals surface area contributed by atoms with Crippen LogP contribution in [0.1, 0.15) is 25.3 Å². The molecule has 0 amide bonds. The van der Waals surface area contributed by atoms with E-state index in [-0.39, 0.29) is 6.10 Å². The highest BCUT2D eigenvalue weighted by molar-refractivity contribution is 5.14. The minimum atomic E-state index is -0.434. The van der Waals surface area contributed by atoms with Crippen molar-refractivity contribution in [2.45, 2.75) is 38.5 Å². The number of aliphatic hydroxyl groups excluding tert-OH is 1. The minimum Gasteiger partial charge on any atom is -0.389 e. The van der Waals surface area contributed by atoms with E-state index in [0.29, 0.717) is 13.2 Å². The number of hydrogen-bond donors (Lipinski definition) is 1. The number of hydrogen-bond acceptors (Lipinski definition) is 4. The number of likely N-dealkylation sites (N-methyl/N-ethyl adjacent to an activating group) is 1. The Bertz CT molecular complexity index is 379. The summed E-state index contributed by atoms with van der Waals surface area (Å²) in [5, 5.41) is 10.2. The molecule has 1 aliphatic heterocycles. The van der Waals surface area contributed by atoms with Gasteiger partial charge < -0.3 is 14.6 Å². The molecule has 21 heavy (non-hydrogen) atoms. The van der Waals surface area contributed by atoms with Crippen LogP contribution in [0.5, 0.6) is 0 Å². The Hall–Kier alpha value is -0.940. The smallest absolute Gasteiger partial charge is 0.0900 e. The summed E-state index contributed by atoms with van der Waals surface area (Å²) in [6, 6.07) is 10.4. The molecule has 0 radical (unpaired) electrons. The molecule has 0 bridgehead atoms. The molecule has 1 unspecified atom stereocenters. The standard InChI is InChI=1S/C17H27NO3/c1-2-18(12-15-6-4-3-5-7-15)13-16(19)14-21-17-8-10-20-11-9-17/h3-7,16-17,19H,2,8-14H2,1H3. The average Bonchev–Trinajstić information content (AvgIpc) is 2.54. The van der Waals surface area contributed by atoms with Gasteiger partial charge in [0.15, 0.2) is 0 Å². The molecular weight excluding hydrogens is 266 g/mol. The van der Waals surface area contributed by atoms with Crippen LogP contribution in [0.25, 0.3) is 0 Å². The highest BCUT2D eigenvalue weighted by atomic mass is 16.5. The van der Waals surface area contributed by atoms with Crippen molar-refractivity contribution < 1.29 is 14.6 Å². The maximum atomic E-state index is 10.2. The van der Waals surface area contributed by atoms with Gasteiger partial charge in [0, 0.05) is 26.3 Å². The summed E-state index contributed by atoms with van der Waals surface area (Å²) >= 11 is 0. The first-order chi connectivity index (χ1) is 10.3. The topological polar surface area (TPSA) is 41.9 Å². The minimum absolute atomic E-state index is 0.248. The van der Waals surface area contributed by atoms with Crippen molar-refractivity contribution in [2.24, 2.45) is 0 Å². The fourth-order valence-corrected chi connectivity index (χ4v) is 2.59. The van der Waals surface area contributed by atoms with Crippen molar-refractivity contribution in [3.8, 4) is 0 Å². The van der Waals surface area contributed by atoms with Crippen LogP contribution in [0.4, 0.5) is 0 Å². The summed E-state index contributed by atoms with van der Waals surface area (Å²) in [5.41, 5.74) is 1.27. The molecule has 1 N–H and O–H groups in total. The third-order valence-electron chi connectivity index (χ3n) is 3.86. The zero-order chi connectivity index (χ0) is 14.9. The Morgan fingerprint density at radius 1 is 1.29 bits per heavy atom. The fourth-order valence-electron chi connectivity index (χ4n) is 2.59. The van der Waals surface area contributed by atoms with Crippen molar-refractivity contribution in [3.05, 3.63) is 35.9 Å². The third-order valence-corrected chi connectivity index (χ3v) is 3.86. The van der Waals surface area contributed by atoms with Crippen LogP contribution < -0.4 is 0 Å². The normalized spacial score (nSPS) is 18.0. The van der Waals surface area contributed by atoms with Crippen molar-refractivity contribution >= 4 is 0 Å². The van der Waals surface area contributed by atoms with Crippen LogP contribution in [0.2, 0.25) is 0 Å². The molecule has 1 atom stereocenters. The van der Waals surface area contributed by atoms with Crippen molar-refractivity contribution in [1.82, 2.24) is 4.90 Å². The Kier molecular flexibility index (Phi) is 7.16. The quantitative estimate of drug-likeness (QED) is 0.797. The number of ether oxygens (including phenoxy) is 2. The molecule has 0 spiro atoms. The van der Waals surface area contributed by atoms with Gasteiger partial charge >= 0.3 is 0 Å². The highest BCUT2D eigenvalue weighted by Gasteiger charge is 2.17. The van der Waals surface area contributed by atoms with E-state index in [1.807, 2.05) is 18.2 Å². The molecule has 0 aromatic heterocycles. The number of benzene rings is 1. The summed E-state index contributed by atoms with van der Waals surface area (Å²) in [5.74, 6) is 0. The van der Waals surface area contributed by atoms with Crippen molar-refractivity contribution in [2.75, 3.05) is 32.9 Å². The monoisotopic (exact) mass is 293 g/mol. The number of aliphatic hydroxyl groups is 1. The molecule has 1 fully saturated rings. The lowest BCUT2D eigenvalue weighted by Gasteiger charge is -2.26. The van der Waals surface area contributed by atoms with Gasteiger partial charge in [-0.2, -0.15) is 0 Å². The summed E-state index contributed by atoms with van der Waals surface area (Å²) in [6.07, 6.45) is 1.69. The van der Waals surface area contributed by atoms with E-state index >= 15 is 0 Å². The largest absolute Gasteiger partial charge is 0.389 e. The van der Waals surface area contributed by atoms with Crippen molar-refractivity contribution in [1.29, 1.82) is 0 Å². The van der Waals surface area contributed by atoms with Gasteiger partial charge in [-0.15, -0.1) is 0 Å². The predicted octanol–water partition coefficient (Wildman–Crippen LogP) is 2.07. The number of nitrogens with zero attached hydrogens (tertiary/aromatic N) is 1. The average molecular weight is 293 g/mol. The molecule has 1 saturated heterocycles. The van der Waals surface area contributed by atoms with Gasteiger partial charge in [0.25, 0.3) is 0 Å². The summed E-state index contributed by atoms with van der Waals surface area (Å²) in [4.78, 5) is 2.24. The third kappa shape index (κ3) is 6.14. The first kappa shape index (κ1) is 16.4. The molecule has 0 aliphatic carbocycles. The SMILES string of the molecule is CCN(Cc1ccccc1)CC(O)COC1CCOCC1. The molecule has 118 valence electrons. The van der Waals surface area contributed by atoms with Gasteiger partial charge in [-0.25, -0.2) is 0 Å². The Balaban J connectivity index is 1.70. The van der Waals surface area contributed by atoms with Gasteiger partial charge in [-0.3, -0.25) is 4.90 Å². The lowest BCUT2D eigenvalue weighted by Crippen LogP contribution is -2.36. The van der Waals surface area contributed by atoms with Gasteiger partial charge in [-0.1, -0.05) is 37.3 Å². The van der Waals surface area contributed by atoms with Gasteiger partial charge in [0.1, 0.15) is 0 Å². The molecule has 2 rings (SSSR count). The van der Waals surface area contributed by atoms with E-state index < -0.39 is 6.10 Å². The van der Waals surface area contributed by atoms with E-state index in [1.54, 1.807) is 0 Å². The summed E-state index contributed by atoms with van der Waals surface area (Å²) in [6.45, 7) is 6.51. The zero-order valence-corrected chi connectivity index (χ0v) is 12.9. The summed E-state index contributed by atoms with van der Waals surface area (Å²) in [7, 11) is 0. The molecule has 1 heterocycles. The molecule has 4 heteroatoms. The molecule has 4 nitrogen and oxygen atoms in total. The van der Waals surface area contributed by atoms with E-state index in [0.717, 1.165) is 39.1 Å². The molecule has 1 aromatic carbocycles. The zero-order valence-electron chi connectivity index (χ0n) is 12.9. The van der Waals surface area contributed by atoms with Gasteiger partial charge in [-0.05, 0) is 24.9 Å². The molecular formula is C17H27NO3. The van der Waals surface area contributed by atoms with E-state index in [2.05, 4.69) is 24.0 Å². The Morgan fingerprint density at radius 3 is 2.67 bits per heavy atom. The lowest BCUT2D eigenvalue weighted by molar-refractivity contribution is -0.0642. The van der Waals surface area contributed by atoms with E-state index in [1.165, 1.54) is 5.56 Å². The Morgan fingerprint density at radius 2 is 2.00 bits per heavy atom. The summed E-state index contributed by atoms with van der Waals surface area (Å²) < 4.78 is 11.1. The van der Waals surface area contributed by atoms with Crippen LogP contribution in [-0.4, -0.2) is 55.1 Å². The number of rotatable bonds is 8. The van der Waals surface area contributed by atoms with Crippen LogP contribution in [0.3, 0.4) is 0 Å². The second-order valence-corrected chi connectivity index (χ2v) is 5.61. The van der Waals surface area contributed by atoms with E-state index in [4.69, 9.17) is 9.47 Å². The second-order valence-electron chi connectivity index (χ2n) is 5.61. The first-order valence-electron chi connectivity index (χ1n) is 7.91. The first-order valence-corrected chi connectivity index (χ1v) is 7.91.